The van der Waals surface area contributed by atoms with Gasteiger partial charge >= 0.3 is 11.9 Å². The summed E-state index contributed by atoms with van der Waals surface area (Å²) in [6.07, 6.45) is 8.68. The SMILES string of the molecule is CCCN(C1CCC(C(=O)O)CC1)S(=O)(=O)c1cccc(C(=O)Nc2sc3c(c2C(=O)Cc2ccc(CCCc4ccc(C(=O)O)cc4)cc2)CCCC3)c1. The molecule has 3 N–H and O–H groups in total. The van der Waals surface area contributed by atoms with Crippen molar-refractivity contribution in [3.8, 4) is 0 Å². The maximum Gasteiger partial charge on any atom is 0.335 e. The summed E-state index contributed by atoms with van der Waals surface area (Å²) in [5.41, 5.74) is 5.08. The van der Waals surface area contributed by atoms with E-state index in [1.807, 2.05) is 43.3 Å². The van der Waals surface area contributed by atoms with E-state index in [1.54, 1.807) is 24.3 Å². The van der Waals surface area contributed by atoms with Crippen LogP contribution in [0.1, 0.15) is 116 Å². The lowest BCUT2D eigenvalue weighted by atomic mass is 9.86. The number of Topliss-reactive ketones (excluding diaryl/α,β-unsaturated/α-hetero) is 1. The fourth-order valence-corrected chi connectivity index (χ4v) is 10.9. The fourth-order valence-electron chi connectivity index (χ4n) is 7.80. The summed E-state index contributed by atoms with van der Waals surface area (Å²) in [6, 6.07) is 20.6. The van der Waals surface area contributed by atoms with Gasteiger partial charge in [-0.3, -0.25) is 14.4 Å². The molecule has 290 valence electrons. The molecule has 12 heteroatoms. The van der Waals surface area contributed by atoms with E-state index in [-0.39, 0.29) is 34.3 Å². The summed E-state index contributed by atoms with van der Waals surface area (Å²) in [5.74, 6) is -2.81. The summed E-state index contributed by atoms with van der Waals surface area (Å²) < 4.78 is 29.5. The molecule has 4 aromatic rings. The first-order valence-electron chi connectivity index (χ1n) is 19.2. The van der Waals surface area contributed by atoms with Crippen LogP contribution in [-0.2, 0) is 46.9 Å². The lowest BCUT2D eigenvalue weighted by Crippen LogP contribution is -2.43. The first kappa shape index (κ1) is 40.0. The molecule has 0 atom stereocenters. The molecule has 55 heavy (non-hydrogen) atoms. The highest BCUT2D eigenvalue weighted by atomic mass is 32.2. The van der Waals surface area contributed by atoms with Crippen LogP contribution in [0.3, 0.4) is 0 Å². The van der Waals surface area contributed by atoms with Crippen molar-refractivity contribution >= 4 is 50.0 Å². The Bertz CT molecular complexity index is 2130. The number of carbonyl (C=O) groups excluding carboxylic acids is 2. The van der Waals surface area contributed by atoms with Gasteiger partial charge in [-0.15, -0.1) is 11.3 Å². The molecule has 0 saturated heterocycles. The summed E-state index contributed by atoms with van der Waals surface area (Å²) in [7, 11) is -3.98. The summed E-state index contributed by atoms with van der Waals surface area (Å²) in [5, 5.41) is 22.0. The molecule has 3 aromatic carbocycles. The van der Waals surface area contributed by atoms with Gasteiger partial charge in [0.05, 0.1) is 21.9 Å². The number of aliphatic carboxylic acids is 1. The number of aromatic carboxylic acids is 1. The Morgan fingerprint density at radius 2 is 1.45 bits per heavy atom. The summed E-state index contributed by atoms with van der Waals surface area (Å²) >= 11 is 1.43. The zero-order chi connectivity index (χ0) is 39.1. The second kappa shape index (κ2) is 17.9. The largest absolute Gasteiger partial charge is 0.481 e. The molecule has 0 bridgehead atoms. The lowest BCUT2D eigenvalue weighted by molar-refractivity contribution is -0.143. The van der Waals surface area contributed by atoms with E-state index >= 15 is 0 Å². The van der Waals surface area contributed by atoms with Crippen LogP contribution in [-0.4, -0.2) is 59.2 Å². The van der Waals surface area contributed by atoms with Crippen LogP contribution >= 0.6 is 11.3 Å². The van der Waals surface area contributed by atoms with Crippen LogP contribution in [0.25, 0.3) is 0 Å². The Morgan fingerprint density at radius 3 is 2.09 bits per heavy atom. The third-order valence-corrected chi connectivity index (χ3v) is 14.0. The molecule has 1 amide bonds. The number of carboxylic acids is 2. The van der Waals surface area contributed by atoms with Gasteiger partial charge in [0.2, 0.25) is 10.0 Å². The number of fused-ring (bicyclic) bond motifs is 1. The number of sulfonamides is 1. The molecule has 1 heterocycles. The van der Waals surface area contributed by atoms with Crippen LogP contribution < -0.4 is 5.32 Å². The zero-order valence-corrected chi connectivity index (χ0v) is 32.7. The van der Waals surface area contributed by atoms with Crippen LogP contribution in [0.2, 0.25) is 0 Å². The van der Waals surface area contributed by atoms with Crippen molar-refractivity contribution in [2.45, 2.75) is 101 Å². The second-order valence-electron chi connectivity index (χ2n) is 14.6. The molecular weight excluding hydrogens is 737 g/mol. The maximum absolute atomic E-state index is 14.0. The minimum Gasteiger partial charge on any atom is -0.481 e. The fraction of sp³-hybridized carbons (Fsp3) is 0.395. The molecule has 0 aliphatic heterocycles. The smallest absolute Gasteiger partial charge is 0.335 e. The number of hydrogen-bond donors (Lipinski definition) is 3. The van der Waals surface area contributed by atoms with Gasteiger partial charge in [-0.05, 0) is 130 Å². The number of nitrogens with one attached hydrogen (secondary N) is 1. The number of benzene rings is 3. The number of amides is 1. The lowest BCUT2D eigenvalue weighted by Gasteiger charge is -2.35. The van der Waals surface area contributed by atoms with Gasteiger partial charge in [-0.1, -0.05) is 49.4 Å². The van der Waals surface area contributed by atoms with E-state index in [9.17, 15) is 32.7 Å². The van der Waals surface area contributed by atoms with Gasteiger partial charge in [0.1, 0.15) is 5.00 Å². The monoisotopic (exact) mass is 784 g/mol. The van der Waals surface area contributed by atoms with Crippen LogP contribution in [0.15, 0.2) is 77.7 Å². The molecule has 10 nitrogen and oxygen atoms in total. The Morgan fingerprint density at radius 1 is 0.818 bits per heavy atom. The highest BCUT2D eigenvalue weighted by Gasteiger charge is 2.36. The molecule has 2 aliphatic rings. The average Bonchev–Trinajstić information content (AvgIpc) is 3.55. The first-order valence-corrected chi connectivity index (χ1v) is 21.4. The molecule has 0 radical (unpaired) electrons. The van der Waals surface area contributed by atoms with E-state index < -0.39 is 33.8 Å². The van der Waals surface area contributed by atoms with Gasteiger partial charge in [0.25, 0.3) is 5.91 Å². The van der Waals surface area contributed by atoms with Gasteiger partial charge in [-0.25, -0.2) is 13.2 Å². The number of carbonyl (C=O) groups is 4. The van der Waals surface area contributed by atoms with Gasteiger partial charge in [0.15, 0.2) is 5.78 Å². The molecule has 0 unspecified atom stereocenters. The Balaban J connectivity index is 1.13. The maximum atomic E-state index is 14.0. The Labute approximate surface area is 326 Å². The second-order valence-corrected chi connectivity index (χ2v) is 17.6. The number of nitrogens with zero attached hydrogens (tertiary/aromatic N) is 1. The molecule has 0 spiro atoms. The molecule has 2 aliphatic carbocycles. The van der Waals surface area contributed by atoms with E-state index in [1.165, 1.54) is 27.8 Å². The summed E-state index contributed by atoms with van der Waals surface area (Å²) in [6.45, 7) is 2.20. The highest BCUT2D eigenvalue weighted by molar-refractivity contribution is 7.89. The molecule has 1 fully saturated rings. The van der Waals surface area contributed by atoms with Gasteiger partial charge in [0, 0.05) is 29.4 Å². The standard InChI is InChI=1S/C43H48N2O8S2/c1-2-25-45(34-23-21-32(22-24-34)43(50)51)55(52,53)35-10-6-9-33(27-35)40(47)44-41-39(36-11-3-4-12-38(36)54-41)37(46)26-30-15-13-28(14-16-30)7-5-8-29-17-19-31(20-18-29)42(48)49/h6,9-10,13-20,27,32,34H,2-5,7-8,11-12,21-26H2,1H3,(H,44,47)(H,48,49)(H,50,51). The van der Waals surface area contributed by atoms with E-state index in [0.717, 1.165) is 72.1 Å². The molecule has 6 rings (SSSR count). The number of anilines is 1. The number of hydrogen-bond acceptors (Lipinski definition) is 7. The Hall–Kier alpha value is -4.65. The first-order chi connectivity index (χ1) is 26.4. The topological polar surface area (TPSA) is 158 Å². The quantitative estimate of drug-likeness (QED) is 0.0960. The van der Waals surface area contributed by atoms with Gasteiger partial charge in [-0.2, -0.15) is 4.31 Å². The molecule has 1 saturated carbocycles. The van der Waals surface area contributed by atoms with Gasteiger partial charge < -0.3 is 15.5 Å². The minimum atomic E-state index is -3.98. The average molecular weight is 785 g/mol. The zero-order valence-electron chi connectivity index (χ0n) is 31.1. The van der Waals surface area contributed by atoms with E-state index in [2.05, 4.69) is 5.32 Å². The van der Waals surface area contributed by atoms with Crippen LogP contribution in [0.4, 0.5) is 5.00 Å². The minimum absolute atomic E-state index is 0.00794. The molecule has 1 aromatic heterocycles. The van der Waals surface area contributed by atoms with Crippen molar-refractivity contribution in [3.05, 3.63) is 117 Å². The van der Waals surface area contributed by atoms with E-state index in [4.69, 9.17) is 5.11 Å². The molecular formula is C43H48N2O8S2. The van der Waals surface area contributed by atoms with Crippen molar-refractivity contribution in [2.75, 3.05) is 11.9 Å². The third-order valence-electron chi connectivity index (χ3n) is 10.8. The summed E-state index contributed by atoms with van der Waals surface area (Å²) in [4.78, 5) is 51.5. The highest BCUT2D eigenvalue weighted by Crippen LogP contribution is 2.39. The van der Waals surface area contributed by atoms with Crippen molar-refractivity contribution < 1.29 is 37.8 Å². The van der Waals surface area contributed by atoms with Crippen molar-refractivity contribution in [3.63, 3.8) is 0 Å². The Kier molecular flexibility index (Phi) is 13.0. The number of rotatable bonds is 16. The van der Waals surface area contributed by atoms with Crippen LogP contribution in [0, 0.1) is 5.92 Å². The number of aryl methyl sites for hydroxylation is 3. The van der Waals surface area contributed by atoms with Crippen molar-refractivity contribution in [1.82, 2.24) is 4.31 Å². The van der Waals surface area contributed by atoms with E-state index in [0.29, 0.717) is 49.2 Å². The third kappa shape index (κ3) is 9.60. The number of ketones is 1. The number of carboxylic acid groups (broad SMARTS) is 2. The normalized spacial score (nSPS) is 17.1. The predicted octanol–water partition coefficient (Wildman–Crippen LogP) is 8.22. The predicted molar refractivity (Wildman–Crippen MR) is 213 cm³/mol. The van der Waals surface area contributed by atoms with Crippen molar-refractivity contribution in [1.29, 1.82) is 0 Å². The number of thiophene rings is 1. The van der Waals surface area contributed by atoms with Crippen molar-refractivity contribution in [2.24, 2.45) is 5.92 Å². The van der Waals surface area contributed by atoms with Crippen LogP contribution in [0.5, 0.6) is 0 Å².